The number of phenolic OH excluding ortho intramolecular Hbond substituents is 1. The van der Waals surface area contributed by atoms with Crippen molar-refractivity contribution in [1.82, 2.24) is 4.90 Å². The van der Waals surface area contributed by atoms with Crippen molar-refractivity contribution in [1.29, 1.82) is 0 Å². The van der Waals surface area contributed by atoms with Gasteiger partial charge in [0.05, 0.1) is 0 Å². The van der Waals surface area contributed by atoms with Gasteiger partial charge in [-0.3, -0.25) is 4.90 Å². The second-order valence-corrected chi connectivity index (χ2v) is 8.33. The minimum atomic E-state index is -2.17. The summed E-state index contributed by atoms with van der Waals surface area (Å²) in [6.07, 6.45) is 10.7. The molecule has 5 heteroatoms. The molecular weight excluding hydrogens is 444 g/mol. The van der Waals surface area contributed by atoms with Crippen molar-refractivity contribution in [2.75, 3.05) is 26.2 Å². The van der Waals surface area contributed by atoms with E-state index in [1.165, 1.54) is 30.4 Å². The Kier molecular flexibility index (Phi) is 13.0. The van der Waals surface area contributed by atoms with E-state index in [4.69, 9.17) is 4.74 Å². The topological polar surface area (TPSA) is 32.7 Å². The van der Waals surface area contributed by atoms with Crippen LogP contribution in [0.5, 0.6) is 11.5 Å². The van der Waals surface area contributed by atoms with Crippen LogP contribution >= 0.6 is 0 Å². The lowest BCUT2D eigenvalue weighted by Crippen LogP contribution is -2.51. The fourth-order valence-corrected chi connectivity index (χ4v) is 3.87. The quantitative estimate of drug-likeness (QED) is 0.426. The SMILES string of the molecule is C#C.FC(F)C1CN(CCOc2ccccc2)C1.Oc1ccc2c(c1)CCCC2.c1ccccc1. The van der Waals surface area contributed by atoms with Gasteiger partial charge in [-0.15, -0.1) is 12.8 Å². The number of phenols is 1. The molecule has 0 unspecified atom stereocenters. The second-order valence-electron chi connectivity index (χ2n) is 8.33. The van der Waals surface area contributed by atoms with E-state index < -0.39 is 12.3 Å². The number of para-hydroxylation sites is 1. The molecule has 0 amide bonds. The van der Waals surface area contributed by atoms with Crippen LogP contribution in [0.15, 0.2) is 84.9 Å². The molecule has 1 saturated heterocycles. The fourth-order valence-electron chi connectivity index (χ4n) is 3.87. The minimum absolute atomic E-state index is 0.408. The number of halogens is 2. The summed E-state index contributed by atoms with van der Waals surface area (Å²) < 4.78 is 29.8. The number of nitrogens with zero attached hydrogens (tertiary/aromatic N) is 1. The van der Waals surface area contributed by atoms with Crippen molar-refractivity contribution in [3.8, 4) is 24.3 Å². The summed E-state index contributed by atoms with van der Waals surface area (Å²) in [5, 5.41) is 9.19. The Labute approximate surface area is 208 Å². The molecule has 0 spiro atoms. The Morgan fingerprint density at radius 2 is 1.37 bits per heavy atom. The Balaban J connectivity index is 0.000000196. The zero-order chi connectivity index (χ0) is 25.3. The van der Waals surface area contributed by atoms with Crippen molar-refractivity contribution in [3.63, 3.8) is 0 Å². The normalized spacial score (nSPS) is 14.4. The third kappa shape index (κ3) is 10.6. The Bertz CT molecular complexity index is 931. The molecule has 186 valence electrons. The van der Waals surface area contributed by atoms with E-state index in [2.05, 4.69) is 12.8 Å². The number of fused-ring (bicyclic) bond motifs is 1. The van der Waals surface area contributed by atoms with Crippen LogP contribution in [0.4, 0.5) is 8.78 Å². The molecule has 0 atom stereocenters. The molecule has 3 aromatic carbocycles. The molecule has 1 heterocycles. The van der Waals surface area contributed by atoms with E-state index in [0.29, 0.717) is 25.4 Å². The van der Waals surface area contributed by atoms with Gasteiger partial charge in [-0.2, -0.15) is 0 Å². The maximum absolute atomic E-state index is 12.2. The summed E-state index contributed by atoms with van der Waals surface area (Å²) in [6.45, 7) is 2.27. The first-order valence-electron chi connectivity index (χ1n) is 11.9. The highest BCUT2D eigenvalue weighted by Gasteiger charge is 2.33. The molecule has 3 aromatic rings. The first-order chi connectivity index (χ1) is 17.1. The first-order valence-corrected chi connectivity index (χ1v) is 11.9. The fraction of sp³-hybridized carbons (Fsp3) is 0.333. The summed E-state index contributed by atoms with van der Waals surface area (Å²) in [5.74, 6) is 0.802. The van der Waals surface area contributed by atoms with Gasteiger partial charge < -0.3 is 9.84 Å². The van der Waals surface area contributed by atoms with Crippen molar-refractivity contribution in [3.05, 3.63) is 96.1 Å². The lowest BCUT2D eigenvalue weighted by atomic mass is 9.92. The van der Waals surface area contributed by atoms with Crippen LogP contribution in [0.25, 0.3) is 0 Å². The molecule has 0 radical (unpaired) electrons. The molecule has 0 bridgehead atoms. The molecular formula is C30H35F2NO2. The standard InChI is InChI=1S/C12H15F2NO.C10H12O.C6H6.C2H2/c13-12(14)10-8-15(9-10)6-7-16-11-4-2-1-3-5-11;11-10-6-5-8-3-1-2-4-9(8)7-10;1-2-4-6-5-3-1;1-2/h1-5,10,12H,6-9H2;5-7,11H,1-4H2;1-6H;1-2H. The van der Waals surface area contributed by atoms with E-state index in [-0.39, 0.29) is 0 Å². The van der Waals surface area contributed by atoms with Crippen LogP contribution in [-0.4, -0.2) is 42.7 Å². The van der Waals surface area contributed by atoms with Crippen LogP contribution < -0.4 is 4.74 Å². The van der Waals surface area contributed by atoms with Gasteiger partial charge in [0.25, 0.3) is 0 Å². The smallest absolute Gasteiger partial charge is 0.243 e. The van der Waals surface area contributed by atoms with Crippen LogP contribution in [0.1, 0.15) is 24.0 Å². The number of rotatable bonds is 5. The minimum Gasteiger partial charge on any atom is -0.508 e. The number of aromatic hydroxyl groups is 1. The van der Waals surface area contributed by atoms with E-state index in [1.54, 1.807) is 6.07 Å². The van der Waals surface area contributed by atoms with Crippen LogP contribution in [0.3, 0.4) is 0 Å². The van der Waals surface area contributed by atoms with Crippen molar-refractivity contribution >= 4 is 0 Å². The van der Waals surface area contributed by atoms with Crippen LogP contribution in [-0.2, 0) is 12.8 Å². The van der Waals surface area contributed by atoms with Gasteiger partial charge in [0, 0.05) is 25.6 Å². The lowest BCUT2D eigenvalue weighted by molar-refractivity contribution is -0.0280. The maximum Gasteiger partial charge on any atom is 0.243 e. The zero-order valence-corrected chi connectivity index (χ0v) is 20.1. The van der Waals surface area contributed by atoms with Gasteiger partial charge in [-0.05, 0) is 61.1 Å². The van der Waals surface area contributed by atoms with E-state index in [9.17, 15) is 13.9 Å². The van der Waals surface area contributed by atoms with Crippen LogP contribution in [0.2, 0.25) is 0 Å². The van der Waals surface area contributed by atoms with Gasteiger partial charge in [0.2, 0.25) is 6.43 Å². The summed E-state index contributed by atoms with van der Waals surface area (Å²) in [6, 6.07) is 27.2. The molecule has 2 aliphatic rings. The Hall–Kier alpha value is -3.36. The molecule has 3 nitrogen and oxygen atoms in total. The monoisotopic (exact) mass is 479 g/mol. The summed E-state index contributed by atoms with van der Waals surface area (Å²) in [7, 11) is 0. The molecule has 1 aliphatic heterocycles. The molecule has 1 fully saturated rings. The molecule has 0 saturated carbocycles. The highest BCUT2D eigenvalue weighted by atomic mass is 19.3. The van der Waals surface area contributed by atoms with Gasteiger partial charge in [0.15, 0.2) is 0 Å². The number of terminal acetylenes is 1. The van der Waals surface area contributed by atoms with Gasteiger partial charge >= 0.3 is 0 Å². The number of likely N-dealkylation sites (tertiary alicyclic amines) is 1. The number of aryl methyl sites for hydroxylation is 2. The molecule has 0 aromatic heterocycles. The van der Waals surface area contributed by atoms with Gasteiger partial charge in [0.1, 0.15) is 18.1 Å². The average Bonchev–Trinajstić information content (AvgIpc) is 2.89. The summed E-state index contributed by atoms with van der Waals surface area (Å²) in [4.78, 5) is 1.99. The predicted octanol–water partition coefficient (Wildman–Crippen LogP) is 6.47. The van der Waals surface area contributed by atoms with Crippen LogP contribution in [0, 0.1) is 18.8 Å². The van der Waals surface area contributed by atoms with Crippen molar-refractivity contribution < 1.29 is 18.6 Å². The number of hydrogen-bond acceptors (Lipinski definition) is 3. The molecule has 1 N–H and O–H groups in total. The van der Waals surface area contributed by atoms with Crippen molar-refractivity contribution in [2.24, 2.45) is 5.92 Å². The Morgan fingerprint density at radius 1 is 0.829 bits per heavy atom. The molecule has 35 heavy (non-hydrogen) atoms. The van der Waals surface area contributed by atoms with E-state index >= 15 is 0 Å². The first kappa shape index (κ1) is 27.9. The second kappa shape index (κ2) is 16.3. The summed E-state index contributed by atoms with van der Waals surface area (Å²) >= 11 is 0. The van der Waals surface area contributed by atoms with E-state index in [0.717, 1.165) is 18.7 Å². The number of hydrogen-bond donors (Lipinski definition) is 1. The highest BCUT2D eigenvalue weighted by Crippen LogP contribution is 2.24. The molecule has 5 rings (SSSR count). The zero-order valence-electron chi connectivity index (χ0n) is 20.1. The highest BCUT2D eigenvalue weighted by molar-refractivity contribution is 5.36. The predicted molar refractivity (Wildman–Crippen MR) is 139 cm³/mol. The average molecular weight is 480 g/mol. The number of benzene rings is 3. The van der Waals surface area contributed by atoms with Gasteiger partial charge in [-0.25, -0.2) is 8.78 Å². The molecule has 1 aliphatic carbocycles. The van der Waals surface area contributed by atoms with E-state index in [1.807, 2.05) is 83.8 Å². The van der Waals surface area contributed by atoms with Gasteiger partial charge in [-0.1, -0.05) is 60.7 Å². The maximum atomic E-state index is 12.2. The summed E-state index contributed by atoms with van der Waals surface area (Å²) in [5.41, 5.74) is 2.77. The number of alkyl halides is 2. The largest absolute Gasteiger partial charge is 0.508 e. The van der Waals surface area contributed by atoms with Crippen molar-refractivity contribution in [2.45, 2.75) is 32.1 Å². The third-order valence-corrected chi connectivity index (χ3v) is 5.76. The Morgan fingerprint density at radius 3 is 1.94 bits per heavy atom. The lowest BCUT2D eigenvalue weighted by Gasteiger charge is -2.38. The number of ether oxygens (including phenoxy) is 1. The third-order valence-electron chi connectivity index (χ3n) is 5.76.